The number of aromatic nitrogens is 2. The highest BCUT2D eigenvalue weighted by Crippen LogP contribution is 2.14. The Kier molecular flexibility index (Phi) is 5.20. The molecule has 16 heavy (non-hydrogen) atoms. The standard InChI is InChI=1S/C14H18N2/c1-4-7-12(8-5-2)13-10-15-14(9-6-3)16-11-13/h4,6-8,10-11H,3,5,9H2,1-2H3/b7-4-,12-8+. The first-order chi connectivity index (χ1) is 7.81. The fourth-order valence-corrected chi connectivity index (χ4v) is 1.42. The first-order valence-electron chi connectivity index (χ1n) is 5.56. The van der Waals surface area contributed by atoms with Crippen LogP contribution in [-0.2, 0) is 6.42 Å². The normalized spacial score (nSPS) is 12.0. The van der Waals surface area contributed by atoms with Crippen molar-refractivity contribution in [1.29, 1.82) is 0 Å². The smallest absolute Gasteiger partial charge is 0.131 e. The SMILES string of the molecule is C=CCc1ncc(C(/C=C\C)=C/CC)cn1. The van der Waals surface area contributed by atoms with Gasteiger partial charge in [0.25, 0.3) is 0 Å². The summed E-state index contributed by atoms with van der Waals surface area (Å²) in [6, 6.07) is 0. The quantitative estimate of drug-likeness (QED) is 0.553. The van der Waals surface area contributed by atoms with Gasteiger partial charge in [-0.25, -0.2) is 9.97 Å². The minimum Gasteiger partial charge on any atom is -0.240 e. The Bertz CT molecular complexity index is 386. The van der Waals surface area contributed by atoms with E-state index in [0.717, 1.165) is 24.2 Å². The minimum absolute atomic E-state index is 0.719. The van der Waals surface area contributed by atoms with E-state index in [0.29, 0.717) is 0 Å². The third kappa shape index (κ3) is 3.46. The Labute approximate surface area is 97.5 Å². The Balaban J connectivity index is 2.94. The van der Waals surface area contributed by atoms with Crippen LogP contribution in [0.4, 0.5) is 0 Å². The molecule has 0 unspecified atom stereocenters. The third-order valence-electron chi connectivity index (χ3n) is 2.14. The van der Waals surface area contributed by atoms with Crippen molar-refractivity contribution in [3.05, 3.63) is 54.7 Å². The van der Waals surface area contributed by atoms with E-state index in [1.165, 1.54) is 5.57 Å². The summed E-state index contributed by atoms with van der Waals surface area (Å²) in [5, 5.41) is 0. The molecule has 0 bridgehead atoms. The highest BCUT2D eigenvalue weighted by molar-refractivity contribution is 5.72. The lowest BCUT2D eigenvalue weighted by Gasteiger charge is -2.02. The van der Waals surface area contributed by atoms with E-state index in [1.807, 2.05) is 31.5 Å². The van der Waals surface area contributed by atoms with E-state index in [1.54, 1.807) is 0 Å². The van der Waals surface area contributed by atoms with Gasteiger partial charge in [-0.2, -0.15) is 0 Å². The molecule has 0 aliphatic carbocycles. The molecule has 0 amide bonds. The van der Waals surface area contributed by atoms with Crippen LogP contribution in [0.5, 0.6) is 0 Å². The fraction of sp³-hybridized carbons (Fsp3) is 0.286. The number of allylic oxidation sites excluding steroid dienone is 5. The lowest BCUT2D eigenvalue weighted by Crippen LogP contribution is -1.94. The molecule has 1 aromatic rings. The summed E-state index contributed by atoms with van der Waals surface area (Å²) in [7, 11) is 0. The minimum atomic E-state index is 0.719. The van der Waals surface area contributed by atoms with Gasteiger partial charge < -0.3 is 0 Å². The molecule has 0 atom stereocenters. The summed E-state index contributed by atoms with van der Waals surface area (Å²) < 4.78 is 0. The second-order valence-electron chi connectivity index (χ2n) is 3.45. The number of rotatable bonds is 5. The van der Waals surface area contributed by atoms with Gasteiger partial charge in [0, 0.05) is 24.4 Å². The van der Waals surface area contributed by atoms with Gasteiger partial charge in [0.05, 0.1) is 0 Å². The maximum absolute atomic E-state index is 4.30. The second-order valence-corrected chi connectivity index (χ2v) is 3.45. The number of hydrogen-bond donors (Lipinski definition) is 0. The predicted octanol–water partition coefficient (Wildman–Crippen LogP) is 3.57. The van der Waals surface area contributed by atoms with E-state index >= 15 is 0 Å². The molecule has 84 valence electrons. The van der Waals surface area contributed by atoms with Crippen molar-refractivity contribution in [2.75, 3.05) is 0 Å². The highest BCUT2D eigenvalue weighted by Gasteiger charge is 1.99. The number of nitrogens with zero attached hydrogens (tertiary/aromatic N) is 2. The number of hydrogen-bond acceptors (Lipinski definition) is 2. The van der Waals surface area contributed by atoms with Crippen molar-refractivity contribution in [2.24, 2.45) is 0 Å². The van der Waals surface area contributed by atoms with Crippen LogP contribution in [0.2, 0.25) is 0 Å². The molecule has 0 aliphatic rings. The van der Waals surface area contributed by atoms with E-state index in [2.05, 4.69) is 35.6 Å². The zero-order chi connectivity index (χ0) is 11.8. The predicted molar refractivity (Wildman–Crippen MR) is 69.0 cm³/mol. The molecule has 0 fully saturated rings. The van der Waals surface area contributed by atoms with Crippen LogP contribution < -0.4 is 0 Å². The van der Waals surface area contributed by atoms with Crippen molar-refractivity contribution in [3.63, 3.8) is 0 Å². The molecule has 0 saturated carbocycles. The molecular formula is C14H18N2. The van der Waals surface area contributed by atoms with Crippen LogP contribution in [0, 0.1) is 0 Å². The molecule has 1 rings (SSSR count). The molecule has 2 heteroatoms. The molecule has 0 N–H and O–H groups in total. The van der Waals surface area contributed by atoms with Crippen molar-refractivity contribution in [2.45, 2.75) is 26.7 Å². The summed E-state index contributed by atoms with van der Waals surface area (Å²) in [6.45, 7) is 7.80. The van der Waals surface area contributed by atoms with E-state index in [9.17, 15) is 0 Å². The van der Waals surface area contributed by atoms with E-state index < -0.39 is 0 Å². The lowest BCUT2D eigenvalue weighted by atomic mass is 10.1. The van der Waals surface area contributed by atoms with Gasteiger partial charge in [-0.15, -0.1) is 6.58 Å². The van der Waals surface area contributed by atoms with Gasteiger partial charge in [0.1, 0.15) is 5.82 Å². The molecule has 0 saturated heterocycles. The first-order valence-corrected chi connectivity index (χ1v) is 5.56. The van der Waals surface area contributed by atoms with Crippen molar-refractivity contribution >= 4 is 5.57 Å². The second kappa shape index (κ2) is 6.72. The summed E-state index contributed by atoms with van der Waals surface area (Å²) in [5.41, 5.74) is 2.24. The molecule has 0 aliphatic heterocycles. The highest BCUT2D eigenvalue weighted by atomic mass is 14.9. The monoisotopic (exact) mass is 214 g/mol. The molecule has 1 heterocycles. The Hall–Kier alpha value is -1.70. The average Bonchev–Trinajstić information content (AvgIpc) is 2.30. The van der Waals surface area contributed by atoms with Gasteiger partial charge in [-0.3, -0.25) is 0 Å². The van der Waals surface area contributed by atoms with Crippen LogP contribution in [0.1, 0.15) is 31.7 Å². The molecule has 2 nitrogen and oxygen atoms in total. The van der Waals surface area contributed by atoms with Crippen molar-refractivity contribution in [3.8, 4) is 0 Å². The van der Waals surface area contributed by atoms with Gasteiger partial charge in [-0.05, 0) is 18.9 Å². The maximum Gasteiger partial charge on any atom is 0.131 e. The topological polar surface area (TPSA) is 25.8 Å². The summed E-state index contributed by atoms with van der Waals surface area (Å²) in [6.07, 6.45) is 13.6. The van der Waals surface area contributed by atoms with Crippen LogP contribution in [0.3, 0.4) is 0 Å². The van der Waals surface area contributed by atoms with E-state index in [-0.39, 0.29) is 0 Å². The molecule has 1 aromatic heterocycles. The molecule has 0 spiro atoms. The average molecular weight is 214 g/mol. The van der Waals surface area contributed by atoms with Gasteiger partial charge in [0.15, 0.2) is 0 Å². The Morgan fingerprint density at radius 2 is 2.06 bits per heavy atom. The zero-order valence-corrected chi connectivity index (χ0v) is 9.98. The lowest BCUT2D eigenvalue weighted by molar-refractivity contribution is 0.985. The van der Waals surface area contributed by atoms with Crippen LogP contribution in [-0.4, -0.2) is 9.97 Å². The van der Waals surface area contributed by atoms with Crippen molar-refractivity contribution in [1.82, 2.24) is 9.97 Å². The summed E-state index contributed by atoms with van der Waals surface area (Å²) >= 11 is 0. The fourth-order valence-electron chi connectivity index (χ4n) is 1.42. The van der Waals surface area contributed by atoms with Gasteiger partial charge >= 0.3 is 0 Å². The van der Waals surface area contributed by atoms with Gasteiger partial charge in [0.2, 0.25) is 0 Å². The zero-order valence-electron chi connectivity index (χ0n) is 9.98. The van der Waals surface area contributed by atoms with Crippen LogP contribution in [0.15, 0.2) is 43.3 Å². The first kappa shape index (κ1) is 12.4. The molecule has 0 aromatic carbocycles. The Morgan fingerprint density at radius 3 is 2.56 bits per heavy atom. The van der Waals surface area contributed by atoms with Crippen LogP contribution >= 0.6 is 0 Å². The Morgan fingerprint density at radius 1 is 1.38 bits per heavy atom. The van der Waals surface area contributed by atoms with E-state index in [4.69, 9.17) is 0 Å². The van der Waals surface area contributed by atoms with Gasteiger partial charge in [-0.1, -0.05) is 31.2 Å². The summed E-state index contributed by atoms with van der Waals surface area (Å²) in [5.74, 6) is 0.815. The molecule has 0 radical (unpaired) electrons. The largest absolute Gasteiger partial charge is 0.240 e. The summed E-state index contributed by atoms with van der Waals surface area (Å²) in [4.78, 5) is 8.59. The van der Waals surface area contributed by atoms with Crippen LogP contribution in [0.25, 0.3) is 5.57 Å². The van der Waals surface area contributed by atoms with Crippen molar-refractivity contribution < 1.29 is 0 Å². The molecular weight excluding hydrogens is 196 g/mol. The maximum atomic E-state index is 4.30. The third-order valence-corrected chi connectivity index (χ3v) is 2.14.